The van der Waals surface area contributed by atoms with Crippen molar-refractivity contribution in [3.8, 4) is 5.75 Å². The Morgan fingerprint density at radius 2 is 2.04 bits per heavy atom. The normalized spacial score (nSPS) is 11.6. The molecular weight excluding hydrogens is 292 g/mol. The van der Waals surface area contributed by atoms with Crippen molar-refractivity contribution in [2.45, 2.75) is 13.0 Å². The van der Waals surface area contributed by atoms with Crippen LogP contribution < -0.4 is 15.4 Å². The Balaban J connectivity index is 2.26. The molecule has 0 aliphatic heterocycles. The smallest absolute Gasteiger partial charge is 0.191 e. The van der Waals surface area contributed by atoms with Gasteiger partial charge in [0, 0.05) is 46.9 Å². The van der Waals surface area contributed by atoms with E-state index < -0.39 is 0 Å². The average Bonchev–Trinajstić information content (AvgIpc) is 2.58. The van der Waals surface area contributed by atoms with E-state index in [2.05, 4.69) is 33.6 Å². The van der Waals surface area contributed by atoms with Gasteiger partial charge in [-0.1, -0.05) is 12.1 Å². The number of nitrogens with one attached hydrogen (secondary N) is 2. The average molecular weight is 322 g/mol. The summed E-state index contributed by atoms with van der Waals surface area (Å²) in [5.41, 5.74) is 1.16. The van der Waals surface area contributed by atoms with Crippen LogP contribution in [-0.4, -0.2) is 65.4 Å². The fraction of sp³-hybridized carbons (Fsp3) is 0.588. The van der Waals surface area contributed by atoms with Crippen LogP contribution in [0.25, 0.3) is 0 Å². The highest BCUT2D eigenvalue weighted by Crippen LogP contribution is 2.11. The molecule has 1 aromatic carbocycles. The maximum Gasteiger partial charge on any atom is 0.191 e. The first-order valence-corrected chi connectivity index (χ1v) is 7.94. The Kier molecular flexibility index (Phi) is 9.83. The van der Waals surface area contributed by atoms with E-state index in [1.54, 1.807) is 21.3 Å². The zero-order chi connectivity index (χ0) is 16.9. The number of methoxy groups -OCH3 is 2. The van der Waals surface area contributed by atoms with Gasteiger partial charge in [-0.15, -0.1) is 0 Å². The van der Waals surface area contributed by atoms with Crippen LogP contribution in [0, 0.1) is 0 Å². The maximum atomic E-state index is 5.23. The minimum absolute atomic E-state index is 0.709. The fourth-order valence-electron chi connectivity index (χ4n) is 2.14. The van der Waals surface area contributed by atoms with Crippen molar-refractivity contribution in [3.63, 3.8) is 0 Å². The van der Waals surface area contributed by atoms with Crippen molar-refractivity contribution < 1.29 is 9.47 Å². The van der Waals surface area contributed by atoms with Gasteiger partial charge in [0.25, 0.3) is 0 Å². The number of benzene rings is 1. The summed E-state index contributed by atoms with van der Waals surface area (Å²) in [6, 6.07) is 8.01. The van der Waals surface area contributed by atoms with Gasteiger partial charge < -0.3 is 25.0 Å². The molecule has 0 bridgehead atoms. The molecule has 0 fully saturated rings. The highest BCUT2D eigenvalue weighted by Gasteiger charge is 2.01. The number of hydrogen-bond acceptors (Lipinski definition) is 4. The Morgan fingerprint density at radius 3 is 2.74 bits per heavy atom. The van der Waals surface area contributed by atoms with Gasteiger partial charge in [0.1, 0.15) is 5.75 Å². The van der Waals surface area contributed by atoms with E-state index in [0.717, 1.165) is 49.9 Å². The van der Waals surface area contributed by atoms with Gasteiger partial charge in [0.05, 0.1) is 7.11 Å². The number of likely N-dealkylation sites (N-methyl/N-ethyl adjacent to an activating group) is 1. The van der Waals surface area contributed by atoms with Crippen LogP contribution in [0.15, 0.2) is 29.3 Å². The Labute approximate surface area is 139 Å². The minimum atomic E-state index is 0.709. The summed E-state index contributed by atoms with van der Waals surface area (Å²) >= 11 is 0. The molecule has 0 amide bonds. The van der Waals surface area contributed by atoms with E-state index in [-0.39, 0.29) is 0 Å². The molecule has 2 N–H and O–H groups in total. The summed E-state index contributed by atoms with van der Waals surface area (Å²) in [4.78, 5) is 6.52. The maximum absolute atomic E-state index is 5.23. The molecule has 6 nitrogen and oxygen atoms in total. The molecule has 0 atom stereocenters. The molecular formula is C17H30N4O2. The molecule has 1 rings (SSSR count). The van der Waals surface area contributed by atoms with E-state index in [1.165, 1.54) is 0 Å². The molecule has 1 aromatic rings. The van der Waals surface area contributed by atoms with Gasteiger partial charge in [0.15, 0.2) is 5.96 Å². The molecule has 23 heavy (non-hydrogen) atoms. The highest BCUT2D eigenvalue weighted by atomic mass is 16.5. The number of aliphatic imine (C=N–C) groups is 1. The summed E-state index contributed by atoms with van der Waals surface area (Å²) in [5.74, 6) is 1.67. The first kappa shape index (κ1) is 19.3. The predicted octanol–water partition coefficient (Wildman–Crippen LogP) is 1.33. The van der Waals surface area contributed by atoms with E-state index in [0.29, 0.717) is 6.54 Å². The van der Waals surface area contributed by atoms with Gasteiger partial charge in [-0.2, -0.15) is 0 Å². The Hall–Kier alpha value is -1.79. The van der Waals surface area contributed by atoms with Crippen LogP contribution in [0.2, 0.25) is 0 Å². The molecule has 130 valence electrons. The largest absolute Gasteiger partial charge is 0.497 e. The molecule has 0 aliphatic rings. The molecule has 6 heteroatoms. The van der Waals surface area contributed by atoms with Gasteiger partial charge in [-0.25, -0.2) is 0 Å². The molecule has 0 spiro atoms. The first-order valence-electron chi connectivity index (χ1n) is 7.94. The molecule has 0 heterocycles. The van der Waals surface area contributed by atoms with Crippen molar-refractivity contribution in [2.24, 2.45) is 4.99 Å². The second-order valence-corrected chi connectivity index (χ2v) is 5.35. The van der Waals surface area contributed by atoms with E-state index in [4.69, 9.17) is 9.47 Å². The number of rotatable bonds is 10. The number of ether oxygens (including phenoxy) is 2. The molecule has 0 radical (unpaired) electrons. The minimum Gasteiger partial charge on any atom is -0.497 e. The third-order valence-electron chi connectivity index (χ3n) is 3.49. The summed E-state index contributed by atoms with van der Waals surface area (Å²) in [6.45, 7) is 4.36. The first-order chi connectivity index (χ1) is 11.2. The fourth-order valence-corrected chi connectivity index (χ4v) is 2.14. The van der Waals surface area contributed by atoms with Crippen LogP contribution in [0.3, 0.4) is 0 Å². The molecule has 0 saturated heterocycles. The Morgan fingerprint density at radius 1 is 1.22 bits per heavy atom. The lowest BCUT2D eigenvalue weighted by Crippen LogP contribution is -2.40. The lowest BCUT2D eigenvalue weighted by Gasteiger charge is -2.18. The predicted molar refractivity (Wildman–Crippen MR) is 95.2 cm³/mol. The Bertz CT molecular complexity index is 466. The zero-order valence-corrected chi connectivity index (χ0v) is 14.8. The lowest BCUT2D eigenvalue weighted by molar-refractivity contribution is 0.180. The third kappa shape index (κ3) is 8.42. The van der Waals surface area contributed by atoms with Gasteiger partial charge >= 0.3 is 0 Å². The summed E-state index contributed by atoms with van der Waals surface area (Å²) in [6.07, 6.45) is 1.05. The van der Waals surface area contributed by atoms with Crippen molar-refractivity contribution in [3.05, 3.63) is 29.8 Å². The highest BCUT2D eigenvalue weighted by molar-refractivity contribution is 5.79. The monoisotopic (exact) mass is 322 g/mol. The van der Waals surface area contributed by atoms with E-state index >= 15 is 0 Å². The van der Waals surface area contributed by atoms with Crippen LogP contribution in [0.5, 0.6) is 5.75 Å². The summed E-state index contributed by atoms with van der Waals surface area (Å²) in [5, 5.41) is 6.63. The summed E-state index contributed by atoms with van der Waals surface area (Å²) < 4.78 is 10.3. The second-order valence-electron chi connectivity index (χ2n) is 5.35. The van der Waals surface area contributed by atoms with Gasteiger partial charge in [0.2, 0.25) is 0 Å². The van der Waals surface area contributed by atoms with Crippen LogP contribution >= 0.6 is 0 Å². The number of nitrogens with zero attached hydrogens (tertiary/aromatic N) is 2. The molecule has 0 saturated carbocycles. The number of guanidine groups is 1. The van der Waals surface area contributed by atoms with Crippen LogP contribution in [0.4, 0.5) is 0 Å². The zero-order valence-electron chi connectivity index (χ0n) is 14.8. The lowest BCUT2D eigenvalue weighted by atomic mass is 10.2. The third-order valence-corrected chi connectivity index (χ3v) is 3.49. The van der Waals surface area contributed by atoms with E-state index in [1.807, 2.05) is 18.2 Å². The molecule has 0 unspecified atom stereocenters. The van der Waals surface area contributed by atoms with Crippen molar-refractivity contribution in [2.75, 3.05) is 54.6 Å². The standard InChI is InChI=1S/C17H30N4O2/c1-18-17(19-9-11-21(2)10-6-12-22-3)20-14-15-7-5-8-16(13-15)23-4/h5,7-8,13H,6,9-12,14H2,1-4H3,(H2,18,19,20). The quantitative estimate of drug-likeness (QED) is 0.387. The number of hydrogen-bond donors (Lipinski definition) is 2. The van der Waals surface area contributed by atoms with Gasteiger partial charge in [-0.05, 0) is 31.2 Å². The van der Waals surface area contributed by atoms with Crippen LogP contribution in [-0.2, 0) is 11.3 Å². The van der Waals surface area contributed by atoms with Crippen molar-refractivity contribution in [1.29, 1.82) is 0 Å². The topological polar surface area (TPSA) is 58.1 Å². The van der Waals surface area contributed by atoms with Crippen LogP contribution in [0.1, 0.15) is 12.0 Å². The van der Waals surface area contributed by atoms with Crippen molar-refractivity contribution >= 4 is 5.96 Å². The molecule has 0 aromatic heterocycles. The SMILES string of the molecule is CN=C(NCCN(C)CCCOC)NCc1cccc(OC)c1. The van der Waals surface area contributed by atoms with E-state index in [9.17, 15) is 0 Å². The molecule has 0 aliphatic carbocycles. The van der Waals surface area contributed by atoms with Crippen molar-refractivity contribution in [1.82, 2.24) is 15.5 Å². The second kappa shape index (κ2) is 11.7. The summed E-state index contributed by atoms with van der Waals surface area (Å²) in [7, 11) is 7.31. The van der Waals surface area contributed by atoms with Gasteiger partial charge in [-0.3, -0.25) is 4.99 Å².